The highest BCUT2D eigenvalue weighted by Crippen LogP contribution is 2.31. The van der Waals surface area contributed by atoms with Gasteiger partial charge in [0, 0.05) is 18.0 Å². The zero-order valence-corrected chi connectivity index (χ0v) is 11.3. The molecule has 0 fully saturated rings. The third kappa shape index (κ3) is 3.30. The Hall–Kier alpha value is -1.35. The van der Waals surface area contributed by atoms with E-state index in [1.165, 1.54) is 5.56 Å². The van der Waals surface area contributed by atoms with Gasteiger partial charge in [-0.2, -0.15) is 0 Å². The van der Waals surface area contributed by atoms with Crippen molar-refractivity contribution in [1.29, 1.82) is 0 Å². The lowest BCUT2D eigenvalue weighted by molar-refractivity contribution is -0.117. The number of ketones is 1. The van der Waals surface area contributed by atoms with Crippen LogP contribution in [0.2, 0.25) is 0 Å². The molecule has 0 radical (unpaired) electrons. The lowest BCUT2D eigenvalue weighted by Crippen LogP contribution is -2.20. The summed E-state index contributed by atoms with van der Waals surface area (Å²) in [5.74, 6) is 1.02. The van der Waals surface area contributed by atoms with Gasteiger partial charge < -0.3 is 10.1 Å². The van der Waals surface area contributed by atoms with Gasteiger partial charge >= 0.3 is 0 Å². The Morgan fingerprint density at radius 1 is 1.41 bits per heavy atom. The number of nitrogens with one attached hydrogen (secondary N) is 1. The van der Waals surface area contributed by atoms with Crippen LogP contribution in [0.4, 0.5) is 0 Å². The molecule has 1 aromatic rings. The van der Waals surface area contributed by atoms with Gasteiger partial charge in [0.1, 0.15) is 11.5 Å². The summed E-state index contributed by atoms with van der Waals surface area (Å²) < 4.78 is 5.42. The van der Waals surface area contributed by atoms with Crippen LogP contribution >= 0.6 is 0 Å². The van der Waals surface area contributed by atoms with Crippen molar-refractivity contribution < 1.29 is 9.53 Å². The zero-order valence-electron chi connectivity index (χ0n) is 11.3. The van der Waals surface area contributed by atoms with Crippen LogP contribution in [-0.4, -0.2) is 19.9 Å². The van der Waals surface area contributed by atoms with E-state index in [9.17, 15) is 4.79 Å². The number of benzene rings is 1. The lowest BCUT2D eigenvalue weighted by Gasteiger charge is -2.21. The second-order valence-electron chi connectivity index (χ2n) is 4.45. The fraction of sp³-hybridized carbons (Fsp3) is 0.500. The summed E-state index contributed by atoms with van der Waals surface area (Å²) in [6, 6.07) is 4.14. The first-order chi connectivity index (χ1) is 7.99. The monoisotopic (exact) mass is 235 g/mol. The van der Waals surface area contributed by atoms with Crippen molar-refractivity contribution in [3.05, 3.63) is 28.8 Å². The summed E-state index contributed by atoms with van der Waals surface area (Å²) in [7, 11) is 3.53. The Labute approximate surface area is 103 Å². The summed E-state index contributed by atoms with van der Waals surface area (Å²) in [5, 5.41) is 3.18. The fourth-order valence-corrected chi connectivity index (χ4v) is 2.19. The third-order valence-electron chi connectivity index (χ3n) is 2.90. The van der Waals surface area contributed by atoms with E-state index in [1.54, 1.807) is 14.0 Å². The zero-order chi connectivity index (χ0) is 13.0. The minimum Gasteiger partial charge on any atom is -0.496 e. The van der Waals surface area contributed by atoms with E-state index in [-0.39, 0.29) is 11.8 Å². The van der Waals surface area contributed by atoms with Gasteiger partial charge in [-0.15, -0.1) is 0 Å². The normalized spacial score (nSPS) is 12.3. The van der Waals surface area contributed by atoms with Crippen molar-refractivity contribution in [2.24, 2.45) is 0 Å². The molecule has 1 rings (SSSR count). The topological polar surface area (TPSA) is 38.3 Å². The second-order valence-corrected chi connectivity index (χ2v) is 4.45. The second kappa shape index (κ2) is 5.82. The number of ether oxygens (including phenoxy) is 1. The number of Topliss-reactive ketones (excluding diaryl/α,β-unsaturated/α-hetero) is 1. The molecule has 3 heteroatoms. The molecule has 3 nitrogen and oxygen atoms in total. The van der Waals surface area contributed by atoms with Gasteiger partial charge in [0.25, 0.3) is 0 Å². The molecule has 94 valence electrons. The van der Waals surface area contributed by atoms with Crippen molar-refractivity contribution in [3.8, 4) is 5.75 Å². The summed E-state index contributed by atoms with van der Waals surface area (Å²) in [6.07, 6.45) is 0.483. The van der Waals surface area contributed by atoms with E-state index in [2.05, 4.69) is 18.3 Å². The van der Waals surface area contributed by atoms with E-state index in [4.69, 9.17) is 4.74 Å². The average Bonchev–Trinajstić information content (AvgIpc) is 2.25. The maximum absolute atomic E-state index is 11.3. The van der Waals surface area contributed by atoms with Crippen LogP contribution in [0.25, 0.3) is 0 Å². The fourth-order valence-electron chi connectivity index (χ4n) is 2.19. The molecule has 17 heavy (non-hydrogen) atoms. The van der Waals surface area contributed by atoms with Crippen LogP contribution < -0.4 is 10.1 Å². The van der Waals surface area contributed by atoms with Gasteiger partial charge in [-0.25, -0.2) is 0 Å². The number of hydrogen-bond acceptors (Lipinski definition) is 3. The Balaban J connectivity index is 3.21. The molecule has 0 saturated carbocycles. The molecular formula is C14H21NO2. The molecule has 0 spiro atoms. The highest BCUT2D eigenvalue weighted by molar-refractivity contribution is 5.76. The molecule has 0 aliphatic heterocycles. The molecule has 0 aliphatic carbocycles. The average molecular weight is 235 g/mol. The molecule has 1 N–H and O–H groups in total. The minimum absolute atomic E-state index is 0.0167. The molecule has 1 atom stereocenters. The maximum atomic E-state index is 11.3. The number of rotatable bonds is 5. The van der Waals surface area contributed by atoms with Crippen molar-refractivity contribution in [2.75, 3.05) is 14.2 Å². The number of hydrogen-bond donors (Lipinski definition) is 1. The van der Waals surface area contributed by atoms with Crippen LogP contribution in [0.15, 0.2) is 12.1 Å². The first kappa shape index (κ1) is 13.7. The number of methoxy groups -OCH3 is 1. The molecule has 0 saturated heterocycles. The SMILES string of the molecule is CNC(CC(C)=O)c1c(C)cc(C)cc1OC. The van der Waals surface area contributed by atoms with Gasteiger partial charge in [0.2, 0.25) is 0 Å². The third-order valence-corrected chi connectivity index (χ3v) is 2.90. The van der Waals surface area contributed by atoms with Crippen LogP contribution in [0.1, 0.15) is 36.1 Å². The maximum Gasteiger partial charge on any atom is 0.131 e. The van der Waals surface area contributed by atoms with Crippen LogP contribution in [-0.2, 0) is 4.79 Å². The Kier molecular flexibility index (Phi) is 4.70. The molecule has 0 aromatic heterocycles. The minimum atomic E-state index is 0.0167. The summed E-state index contributed by atoms with van der Waals surface area (Å²) in [6.45, 7) is 5.70. The van der Waals surface area contributed by atoms with Gasteiger partial charge in [-0.05, 0) is 45.0 Å². The molecule has 0 bridgehead atoms. The van der Waals surface area contributed by atoms with E-state index in [0.717, 1.165) is 16.9 Å². The quantitative estimate of drug-likeness (QED) is 0.852. The van der Waals surface area contributed by atoms with Crippen molar-refractivity contribution >= 4 is 5.78 Å². The van der Waals surface area contributed by atoms with Crippen molar-refractivity contribution in [2.45, 2.75) is 33.2 Å². The molecule has 0 aliphatic rings. The van der Waals surface area contributed by atoms with E-state index in [1.807, 2.05) is 20.0 Å². The van der Waals surface area contributed by atoms with Gasteiger partial charge in [0.05, 0.1) is 7.11 Å². The summed E-state index contributed by atoms with van der Waals surface area (Å²) in [5.41, 5.74) is 3.40. The first-order valence-corrected chi connectivity index (χ1v) is 5.81. The molecule has 0 amide bonds. The first-order valence-electron chi connectivity index (χ1n) is 5.81. The summed E-state index contributed by atoms with van der Waals surface area (Å²) in [4.78, 5) is 11.3. The van der Waals surface area contributed by atoms with Crippen LogP contribution in [0, 0.1) is 13.8 Å². The van der Waals surface area contributed by atoms with Gasteiger partial charge in [-0.3, -0.25) is 4.79 Å². The molecule has 1 aromatic carbocycles. The van der Waals surface area contributed by atoms with Gasteiger partial charge in [-0.1, -0.05) is 6.07 Å². The van der Waals surface area contributed by atoms with E-state index in [0.29, 0.717) is 6.42 Å². The standard InChI is InChI=1S/C14H21NO2/c1-9-6-10(2)14(13(7-9)17-5)12(15-4)8-11(3)16/h6-7,12,15H,8H2,1-5H3. The lowest BCUT2D eigenvalue weighted by atomic mass is 9.95. The highest BCUT2D eigenvalue weighted by Gasteiger charge is 2.18. The smallest absolute Gasteiger partial charge is 0.131 e. The van der Waals surface area contributed by atoms with Crippen molar-refractivity contribution in [1.82, 2.24) is 5.32 Å². The van der Waals surface area contributed by atoms with Crippen molar-refractivity contribution in [3.63, 3.8) is 0 Å². The van der Waals surface area contributed by atoms with E-state index < -0.39 is 0 Å². The molecule has 1 unspecified atom stereocenters. The van der Waals surface area contributed by atoms with Crippen LogP contribution in [0.5, 0.6) is 5.75 Å². The molecular weight excluding hydrogens is 214 g/mol. The number of carbonyl (C=O) groups excluding carboxylic acids is 1. The Morgan fingerprint density at radius 2 is 2.06 bits per heavy atom. The number of aryl methyl sites for hydroxylation is 2. The highest BCUT2D eigenvalue weighted by atomic mass is 16.5. The number of carbonyl (C=O) groups is 1. The molecule has 0 heterocycles. The Morgan fingerprint density at radius 3 is 2.53 bits per heavy atom. The largest absolute Gasteiger partial charge is 0.496 e. The predicted octanol–water partition coefficient (Wildman–Crippen LogP) is 2.55. The summed E-state index contributed by atoms with van der Waals surface area (Å²) >= 11 is 0. The predicted molar refractivity (Wildman–Crippen MR) is 69.6 cm³/mol. The van der Waals surface area contributed by atoms with Crippen LogP contribution in [0.3, 0.4) is 0 Å². The van der Waals surface area contributed by atoms with E-state index >= 15 is 0 Å². The Bertz CT molecular complexity index is 413. The van der Waals surface area contributed by atoms with Gasteiger partial charge in [0.15, 0.2) is 0 Å².